The molecule has 0 saturated heterocycles. The highest BCUT2D eigenvalue weighted by Crippen LogP contribution is 2.30. The van der Waals surface area contributed by atoms with Crippen LogP contribution in [-0.4, -0.2) is 57.1 Å². The molecular weight excluding hydrogens is 549 g/mol. The van der Waals surface area contributed by atoms with E-state index in [9.17, 15) is 18.0 Å². The second kappa shape index (κ2) is 13.5. The number of methoxy groups -OCH3 is 1. The summed E-state index contributed by atoms with van der Waals surface area (Å²) in [5.74, 6) is -0.410. The maximum absolute atomic E-state index is 13.8. The van der Waals surface area contributed by atoms with Gasteiger partial charge in [0.25, 0.3) is 0 Å². The Morgan fingerprint density at radius 2 is 1.76 bits per heavy atom. The molecule has 38 heavy (non-hydrogen) atoms. The van der Waals surface area contributed by atoms with Crippen LogP contribution in [0.4, 0.5) is 5.69 Å². The normalized spacial score (nSPS) is 15.0. The lowest BCUT2D eigenvalue weighted by molar-refractivity contribution is -0.140. The van der Waals surface area contributed by atoms with Crippen LogP contribution in [0.3, 0.4) is 0 Å². The molecule has 1 aliphatic rings. The Morgan fingerprint density at radius 1 is 1.08 bits per heavy atom. The van der Waals surface area contributed by atoms with Crippen LogP contribution in [0.25, 0.3) is 0 Å². The van der Waals surface area contributed by atoms with Gasteiger partial charge in [0.15, 0.2) is 0 Å². The minimum Gasteiger partial charge on any atom is -0.495 e. The third kappa shape index (κ3) is 7.77. The van der Waals surface area contributed by atoms with E-state index in [1.807, 2.05) is 6.92 Å². The van der Waals surface area contributed by atoms with E-state index >= 15 is 0 Å². The lowest BCUT2D eigenvalue weighted by atomic mass is 9.95. The van der Waals surface area contributed by atoms with Crippen molar-refractivity contribution in [2.24, 2.45) is 0 Å². The molecule has 1 fully saturated rings. The summed E-state index contributed by atoms with van der Waals surface area (Å²) in [5.41, 5.74) is 0.869. The number of rotatable bonds is 11. The summed E-state index contributed by atoms with van der Waals surface area (Å²) in [7, 11) is -2.43. The predicted molar refractivity (Wildman–Crippen MR) is 151 cm³/mol. The molecule has 0 bridgehead atoms. The van der Waals surface area contributed by atoms with Crippen LogP contribution in [-0.2, 0) is 26.2 Å². The molecule has 11 heteroatoms. The number of amides is 2. The van der Waals surface area contributed by atoms with Crippen molar-refractivity contribution in [1.82, 2.24) is 10.2 Å². The molecule has 0 spiro atoms. The fraction of sp³-hybridized carbons (Fsp3) is 0.481. The Kier molecular flexibility index (Phi) is 10.7. The van der Waals surface area contributed by atoms with Gasteiger partial charge in [-0.05, 0) is 49.1 Å². The second-order valence-electron chi connectivity index (χ2n) is 9.47. The maximum atomic E-state index is 13.8. The maximum Gasteiger partial charge on any atom is 0.244 e. The number of carbonyl (C=O) groups excluding carboxylic acids is 2. The zero-order chi connectivity index (χ0) is 27.9. The third-order valence-electron chi connectivity index (χ3n) is 6.74. The number of ether oxygens (including phenoxy) is 1. The quantitative estimate of drug-likeness (QED) is 0.400. The molecule has 1 aliphatic carbocycles. The number of nitrogens with one attached hydrogen (secondary N) is 1. The van der Waals surface area contributed by atoms with Crippen LogP contribution >= 0.6 is 23.2 Å². The Balaban J connectivity index is 1.94. The van der Waals surface area contributed by atoms with Gasteiger partial charge >= 0.3 is 0 Å². The highest BCUT2D eigenvalue weighted by Gasteiger charge is 2.33. The highest BCUT2D eigenvalue weighted by atomic mass is 35.5. The Morgan fingerprint density at radius 3 is 2.34 bits per heavy atom. The van der Waals surface area contributed by atoms with Gasteiger partial charge in [-0.1, -0.05) is 67.6 Å². The zero-order valence-corrected chi connectivity index (χ0v) is 24.3. The lowest BCUT2D eigenvalue weighted by Crippen LogP contribution is -2.54. The first-order valence-corrected chi connectivity index (χ1v) is 15.3. The molecule has 1 atom stereocenters. The predicted octanol–water partition coefficient (Wildman–Crippen LogP) is 5.02. The molecule has 2 aromatic carbocycles. The molecule has 3 rings (SSSR count). The Labute approximate surface area is 235 Å². The summed E-state index contributed by atoms with van der Waals surface area (Å²) >= 11 is 12.7. The highest BCUT2D eigenvalue weighted by molar-refractivity contribution is 7.92. The third-order valence-corrected chi connectivity index (χ3v) is 8.54. The van der Waals surface area contributed by atoms with Gasteiger partial charge in [-0.2, -0.15) is 0 Å². The van der Waals surface area contributed by atoms with E-state index in [1.165, 1.54) is 30.2 Å². The zero-order valence-electron chi connectivity index (χ0n) is 22.0. The van der Waals surface area contributed by atoms with Crippen molar-refractivity contribution < 1.29 is 22.7 Å². The minimum atomic E-state index is -3.88. The SMILES string of the molecule is CCC(C(=O)NC1CCCCC1)N(Cc1ccccc1Cl)C(=O)CN(c1ccc(OC)c(Cl)c1)S(C)(=O)=O. The van der Waals surface area contributed by atoms with Gasteiger partial charge in [-0.25, -0.2) is 8.42 Å². The van der Waals surface area contributed by atoms with Crippen molar-refractivity contribution in [3.63, 3.8) is 0 Å². The van der Waals surface area contributed by atoms with Gasteiger partial charge < -0.3 is 15.0 Å². The number of hydrogen-bond donors (Lipinski definition) is 1. The number of halogens is 2. The van der Waals surface area contributed by atoms with Crippen molar-refractivity contribution in [2.75, 3.05) is 24.2 Å². The standard InChI is InChI=1S/C27H35Cl2N3O5S/c1-4-24(27(34)30-20-11-6-5-7-12-20)31(17-19-10-8-9-13-22(19)28)26(33)18-32(38(3,35)36)21-14-15-25(37-2)23(29)16-21/h8-10,13-16,20,24H,4-7,11-12,17-18H2,1-3H3,(H,30,34). The molecule has 0 aromatic heterocycles. The number of anilines is 1. The van der Waals surface area contributed by atoms with Gasteiger partial charge in [0.1, 0.15) is 18.3 Å². The van der Waals surface area contributed by atoms with E-state index in [2.05, 4.69) is 5.32 Å². The Hall–Kier alpha value is -2.49. The summed E-state index contributed by atoms with van der Waals surface area (Å²) in [6, 6.07) is 10.8. The fourth-order valence-corrected chi connectivity index (χ4v) is 5.99. The van der Waals surface area contributed by atoms with Gasteiger partial charge in [0, 0.05) is 17.6 Å². The Bertz CT molecular complexity index is 1230. The van der Waals surface area contributed by atoms with Crippen LogP contribution in [0, 0.1) is 0 Å². The van der Waals surface area contributed by atoms with E-state index in [0.717, 1.165) is 42.7 Å². The molecule has 208 valence electrons. The van der Waals surface area contributed by atoms with Crippen LogP contribution in [0.2, 0.25) is 10.0 Å². The van der Waals surface area contributed by atoms with Crippen molar-refractivity contribution in [1.29, 1.82) is 0 Å². The monoisotopic (exact) mass is 583 g/mol. The first-order valence-electron chi connectivity index (χ1n) is 12.7. The molecule has 0 aliphatic heterocycles. The van der Waals surface area contributed by atoms with E-state index < -0.39 is 28.5 Å². The van der Waals surface area contributed by atoms with E-state index in [-0.39, 0.29) is 29.2 Å². The molecule has 1 unspecified atom stereocenters. The molecule has 1 saturated carbocycles. The molecule has 1 N–H and O–H groups in total. The van der Waals surface area contributed by atoms with Gasteiger partial charge in [-0.3, -0.25) is 13.9 Å². The van der Waals surface area contributed by atoms with Crippen molar-refractivity contribution in [2.45, 2.75) is 64.1 Å². The average molecular weight is 585 g/mol. The van der Waals surface area contributed by atoms with E-state index in [1.54, 1.807) is 24.3 Å². The van der Waals surface area contributed by atoms with Crippen LogP contribution in [0.1, 0.15) is 51.0 Å². The van der Waals surface area contributed by atoms with Crippen LogP contribution < -0.4 is 14.4 Å². The number of carbonyl (C=O) groups is 2. The largest absolute Gasteiger partial charge is 0.495 e. The van der Waals surface area contributed by atoms with Crippen LogP contribution in [0.15, 0.2) is 42.5 Å². The number of hydrogen-bond acceptors (Lipinski definition) is 5. The summed E-state index contributed by atoms with van der Waals surface area (Å²) in [4.78, 5) is 28.7. The smallest absolute Gasteiger partial charge is 0.244 e. The van der Waals surface area contributed by atoms with Gasteiger partial charge in [0.05, 0.1) is 24.1 Å². The molecule has 2 amide bonds. The number of sulfonamides is 1. The topological polar surface area (TPSA) is 96.0 Å². The summed E-state index contributed by atoms with van der Waals surface area (Å²) in [6.07, 6.45) is 6.43. The molecule has 2 aromatic rings. The molecular formula is C27H35Cl2N3O5S. The lowest BCUT2D eigenvalue weighted by Gasteiger charge is -2.34. The summed E-state index contributed by atoms with van der Waals surface area (Å²) < 4.78 is 31.7. The minimum absolute atomic E-state index is 0.0517. The molecule has 8 nitrogen and oxygen atoms in total. The summed E-state index contributed by atoms with van der Waals surface area (Å²) in [6.45, 7) is 1.37. The first kappa shape index (κ1) is 30.1. The second-order valence-corrected chi connectivity index (χ2v) is 12.2. The first-order chi connectivity index (χ1) is 18.0. The average Bonchev–Trinajstić information content (AvgIpc) is 2.88. The number of benzene rings is 2. The number of nitrogens with zero attached hydrogens (tertiary/aromatic N) is 2. The molecule has 0 heterocycles. The molecule has 0 radical (unpaired) electrons. The van der Waals surface area contributed by atoms with Gasteiger partial charge in [-0.15, -0.1) is 0 Å². The fourth-order valence-electron chi connectivity index (χ4n) is 4.70. The van der Waals surface area contributed by atoms with Crippen molar-refractivity contribution >= 4 is 50.7 Å². The van der Waals surface area contributed by atoms with Crippen LogP contribution in [0.5, 0.6) is 5.75 Å². The summed E-state index contributed by atoms with van der Waals surface area (Å²) in [5, 5.41) is 3.77. The van der Waals surface area contributed by atoms with Crippen molar-refractivity contribution in [3.05, 3.63) is 58.1 Å². The van der Waals surface area contributed by atoms with Crippen molar-refractivity contribution in [3.8, 4) is 5.75 Å². The van der Waals surface area contributed by atoms with E-state index in [4.69, 9.17) is 27.9 Å². The van der Waals surface area contributed by atoms with E-state index in [0.29, 0.717) is 22.8 Å². The van der Waals surface area contributed by atoms with Gasteiger partial charge in [0.2, 0.25) is 21.8 Å².